The van der Waals surface area contributed by atoms with E-state index in [9.17, 15) is 9.18 Å². The van der Waals surface area contributed by atoms with E-state index in [-0.39, 0.29) is 17.5 Å². The zero-order chi connectivity index (χ0) is 14.7. The molecule has 1 atom stereocenters. The second kappa shape index (κ2) is 6.22. The molecule has 20 heavy (non-hydrogen) atoms. The maximum Gasteiger partial charge on any atom is 0.257 e. The number of hydrogen-bond donors (Lipinski definition) is 0. The minimum absolute atomic E-state index is 0.0801. The third kappa shape index (κ3) is 3.10. The predicted octanol–water partition coefficient (Wildman–Crippen LogP) is 2.00. The molecule has 1 saturated heterocycles. The van der Waals surface area contributed by atoms with Gasteiger partial charge in [-0.15, -0.1) is 0 Å². The van der Waals surface area contributed by atoms with Crippen LogP contribution in [0.5, 0.6) is 5.75 Å². The van der Waals surface area contributed by atoms with E-state index in [1.165, 1.54) is 19.2 Å². The van der Waals surface area contributed by atoms with Crippen LogP contribution in [0.4, 0.5) is 4.39 Å². The second-order valence-electron chi connectivity index (χ2n) is 5.31. The molecule has 0 aliphatic carbocycles. The van der Waals surface area contributed by atoms with Crippen molar-refractivity contribution in [1.29, 1.82) is 0 Å². The molecule has 0 bridgehead atoms. The summed E-state index contributed by atoms with van der Waals surface area (Å²) in [5, 5.41) is 0. The highest BCUT2D eigenvalue weighted by molar-refractivity contribution is 5.94. The van der Waals surface area contributed by atoms with Crippen molar-refractivity contribution in [2.75, 3.05) is 33.8 Å². The summed E-state index contributed by atoms with van der Waals surface area (Å²) in [6.07, 6.45) is 0.907. The average molecular weight is 280 g/mol. The summed E-state index contributed by atoms with van der Waals surface area (Å²) in [5.74, 6) is -0.352. The van der Waals surface area contributed by atoms with Gasteiger partial charge in [0.2, 0.25) is 0 Å². The fourth-order valence-corrected chi connectivity index (χ4v) is 2.62. The largest absolute Gasteiger partial charge is 0.497 e. The van der Waals surface area contributed by atoms with E-state index in [2.05, 4.69) is 4.90 Å². The Kier molecular flexibility index (Phi) is 4.60. The minimum Gasteiger partial charge on any atom is -0.497 e. The van der Waals surface area contributed by atoms with Crippen LogP contribution in [0.2, 0.25) is 0 Å². The van der Waals surface area contributed by atoms with E-state index in [0.717, 1.165) is 19.5 Å². The van der Waals surface area contributed by atoms with Gasteiger partial charge in [-0.3, -0.25) is 4.79 Å². The molecule has 0 N–H and O–H groups in total. The average Bonchev–Trinajstić information content (AvgIpc) is 2.58. The summed E-state index contributed by atoms with van der Waals surface area (Å²) >= 11 is 0. The van der Waals surface area contributed by atoms with E-state index in [1.54, 1.807) is 11.0 Å². The first-order valence-corrected chi connectivity index (χ1v) is 6.86. The van der Waals surface area contributed by atoms with Gasteiger partial charge in [0.25, 0.3) is 5.91 Å². The Morgan fingerprint density at radius 2 is 2.15 bits per heavy atom. The van der Waals surface area contributed by atoms with Crippen molar-refractivity contribution in [2.24, 2.45) is 0 Å². The molecule has 4 nitrogen and oxygen atoms in total. The van der Waals surface area contributed by atoms with E-state index < -0.39 is 5.82 Å². The SMILES string of the molecule is COc1ccc(C(=O)N2CCCN(C)CC2C)c(F)c1. The number of carbonyl (C=O) groups excluding carboxylic acids is 1. The molecular formula is C15H21FN2O2. The summed E-state index contributed by atoms with van der Waals surface area (Å²) in [6.45, 7) is 4.43. The van der Waals surface area contributed by atoms with Gasteiger partial charge in [-0.05, 0) is 39.1 Å². The molecular weight excluding hydrogens is 259 g/mol. The summed E-state index contributed by atoms with van der Waals surface area (Å²) < 4.78 is 19.0. The van der Waals surface area contributed by atoms with Crippen LogP contribution in [0, 0.1) is 5.82 Å². The number of carbonyl (C=O) groups is 1. The highest BCUT2D eigenvalue weighted by Crippen LogP contribution is 2.20. The summed E-state index contributed by atoms with van der Waals surface area (Å²) in [5.41, 5.74) is 0.113. The number of benzene rings is 1. The van der Waals surface area contributed by atoms with E-state index >= 15 is 0 Å². The van der Waals surface area contributed by atoms with Crippen LogP contribution >= 0.6 is 0 Å². The van der Waals surface area contributed by atoms with Gasteiger partial charge in [0, 0.05) is 25.2 Å². The molecule has 0 radical (unpaired) electrons. The molecule has 1 unspecified atom stereocenters. The molecule has 0 aromatic heterocycles. The van der Waals surface area contributed by atoms with Crippen molar-refractivity contribution in [3.05, 3.63) is 29.6 Å². The van der Waals surface area contributed by atoms with Gasteiger partial charge in [0.15, 0.2) is 0 Å². The maximum atomic E-state index is 14.0. The Morgan fingerprint density at radius 1 is 1.40 bits per heavy atom. The molecule has 1 aliphatic rings. The van der Waals surface area contributed by atoms with E-state index in [1.807, 2.05) is 14.0 Å². The fourth-order valence-electron chi connectivity index (χ4n) is 2.62. The summed E-state index contributed by atoms with van der Waals surface area (Å²) in [4.78, 5) is 16.5. The third-order valence-electron chi connectivity index (χ3n) is 3.71. The third-order valence-corrected chi connectivity index (χ3v) is 3.71. The van der Waals surface area contributed by atoms with Crippen LogP contribution < -0.4 is 4.74 Å². The highest BCUT2D eigenvalue weighted by Gasteiger charge is 2.26. The smallest absolute Gasteiger partial charge is 0.257 e. The number of hydrogen-bond acceptors (Lipinski definition) is 3. The van der Waals surface area contributed by atoms with E-state index in [4.69, 9.17) is 4.74 Å². The monoisotopic (exact) mass is 280 g/mol. The van der Waals surface area contributed by atoms with Gasteiger partial charge in [-0.2, -0.15) is 0 Å². The highest BCUT2D eigenvalue weighted by atomic mass is 19.1. The van der Waals surface area contributed by atoms with Gasteiger partial charge >= 0.3 is 0 Å². The van der Waals surface area contributed by atoms with Crippen molar-refractivity contribution in [1.82, 2.24) is 9.80 Å². The first-order valence-electron chi connectivity index (χ1n) is 6.86. The molecule has 0 spiro atoms. The number of rotatable bonds is 2. The lowest BCUT2D eigenvalue weighted by molar-refractivity contribution is 0.0691. The quantitative estimate of drug-likeness (QED) is 0.830. The Morgan fingerprint density at radius 3 is 2.80 bits per heavy atom. The van der Waals surface area contributed by atoms with Gasteiger partial charge in [-0.25, -0.2) is 4.39 Å². The maximum absolute atomic E-state index is 14.0. The van der Waals surface area contributed by atoms with E-state index in [0.29, 0.717) is 12.3 Å². The van der Waals surface area contributed by atoms with Gasteiger partial charge < -0.3 is 14.5 Å². The minimum atomic E-state index is -0.529. The lowest BCUT2D eigenvalue weighted by atomic mass is 10.1. The molecule has 1 amide bonds. The first-order chi connectivity index (χ1) is 9.52. The molecule has 2 rings (SSSR count). The van der Waals surface area contributed by atoms with Crippen molar-refractivity contribution in [3.8, 4) is 5.75 Å². The van der Waals surface area contributed by atoms with Crippen molar-refractivity contribution >= 4 is 5.91 Å². The number of ether oxygens (including phenoxy) is 1. The zero-order valence-corrected chi connectivity index (χ0v) is 12.2. The number of nitrogens with zero attached hydrogens (tertiary/aromatic N) is 2. The van der Waals surface area contributed by atoms with Gasteiger partial charge in [0.1, 0.15) is 11.6 Å². The summed E-state index contributed by atoms with van der Waals surface area (Å²) in [6, 6.07) is 4.45. The molecule has 110 valence electrons. The van der Waals surface area contributed by atoms with Crippen LogP contribution in [0.3, 0.4) is 0 Å². The Labute approximate surface area is 119 Å². The molecule has 5 heteroatoms. The standard InChI is InChI=1S/C15H21FN2O2/c1-11-10-17(2)7-4-8-18(11)15(19)13-6-5-12(20-3)9-14(13)16/h5-6,9,11H,4,7-8,10H2,1-3H3. The van der Waals surface area contributed by atoms with Gasteiger partial charge in [-0.1, -0.05) is 0 Å². The van der Waals surface area contributed by atoms with Gasteiger partial charge in [0.05, 0.1) is 12.7 Å². The zero-order valence-electron chi connectivity index (χ0n) is 12.2. The molecule has 1 aliphatic heterocycles. The Bertz CT molecular complexity index is 493. The topological polar surface area (TPSA) is 32.8 Å². The molecule has 1 aromatic rings. The summed E-state index contributed by atoms with van der Waals surface area (Å²) in [7, 11) is 3.52. The number of amides is 1. The van der Waals surface area contributed by atoms with Crippen LogP contribution in [-0.4, -0.2) is 55.5 Å². The predicted molar refractivity (Wildman–Crippen MR) is 75.6 cm³/mol. The number of likely N-dealkylation sites (N-methyl/N-ethyl adjacent to an activating group) is 1. The van der Waals surface area contributed by atoms with Crippen LogP contribution in [0.25, 0.3) is 0 Å². The van der Waals surface area contributed by atoms with Crippen molar-refractivity contribution < 1.29 is 13.9 Å². The van der Waals surface area contributed by atoms with Crippen LogP contribution in [-0.2, 0) is 0 Å². The van der Waals surface area contributed by atoms with Crippen molar-refractivity contribution in [2.45, 2.75) is 19.4 Å². The lowest BCUT2D eigenvalue weighted by Gasteiger charge is -2.28. The molecule has 1 fully saturated rings. The normalized spacial score (nSPS) is 20.6. The Hall–Kier alpha value is -1.62. The number of methoxy groups -OCH3 is 1. The first kappa shape index (κ1) is 14.8. The molecule has 1 heterocycles. The fraction of sp³-hybridized carbons (Fsp3) is 0.533. The van der Waals surface area contributed by atoms with Crippen LogP contribution in [0.1, 0.15) is 23.7 Å². The second-order valence-corrected chi connectivity index (χ2v) is 5.31. The molecule has 0 saturated carbocycles. The van der Waals surface area contributed by atoms with Crippen LogP contribution in [0.15, 0.2) is 18.2 Å². The Balaban J connectivity index is 2.21. The lowest BCUT2D eigenvalue weighted by Crippen LogP contribution is -2.42. The van der Waals surface area contributed by atoms with Crippen molar-refractivity contribution in [3.63, 3.8) is 0 Å². The molecule has 1 aromatic carbocycles. The number of halogens is 1.